The number of nitrogens with one attached hydrogen (secondary N) is 3. The highest BCUT2D eigenvalue weighted by molar-refractivity contribution is 7.91. The minimum atomic E-state index is -2.98. The highest BCUT2D eigenvalue weighted by Crippen LogP contribution is 2.29. The van der Waals surface area contributed by atoms with E-state index in [1.807, 2.05) is 6.92 Å². The fourth-order valence-corrected chi connectivity index (χ4v) is 5.92. The Morgan fingerprint density at radius 3 is 2.56 bits per heavy atom. The van der Waals surface area contributed by atoms with E-state index in [-0.39, 0.29) is 40.8 Å². The summed E-state index contributed by atoms with van der Waals surface area (Å²) < 4.78 is 23.2. The van der Waals surface area contributed by atoms with Gasteiger partial charge in [-0.2, -0.15) is 0 Å². The van der Waals surface area contributed by atoms with Gasteiger partial charge < -0.3 is 15.6 Å². The molecule has 1 aliphatic heterocycles. The zero-order chi connectivity index (χ0) is 24.7. The highest BCUT2D eigenvalue weighted by atomic mass is 32.2. The second kappa shape index (κ2) is 9.10. The number of fused-ring (bicyclic) bond motifs is 1. The topological polar surface area (TPSA) is 134 Å². The number of thiophene rings is 1. The molecule has 4 rings (SSSR count). The van der Waals surface area contributed by atoms with Crippen LogP contribution in [0.5, 0.6) is 0 Å². The zero-order valence-corrected chi connectivity index (χ0v) is 21.3. The number of aromatic amines is 1. The average molecular weight is 504 g/mol. The first-order chi connectivity index (χ1) is 15.9. The van der Waals surface area contributed by atoms with Crippen molar-refractivity contribution in [2.45, 2.75) is 52.6 Å². The van der Waals surface area contributed by atoms with Crippen molar-refractivity contribution < 1.29 is 18.0 Å². The van der Waals surface area contributed by atoms with Gasteiger partial charge in [0, 0.05) is 18.3 Å². The van der Waals surface area contributed by atoms with Gasteiger partial charge in [0.15, 0.2) is 5.65 Å². The van der Waals surface area contributed by atoms with Gasteiger partial charge in [-0.05, 0) is 37.3 Å². The Morgan fingerprint density at radius 1 is 1.18 bits per heavy atom. The minimum Gasteiger partial charge on any atom is -0.349 e. The van der Waals surface area contributed by atoms with Gasteiger partial charge in [0.2, 0.25) is 0 Å². The number of aromatic nitrogens is 3. The summed E-state index contributed by atoms with van der Waals surface area (Å²) in [4.78, 5) is 38.9. The molecule has 3 N–H and O–H groups in total. The maximum Gasteiger partial charge on any atom is 0.261 e. The van der Waals surface area contributed by atoms with E-state index in [0.29, 0.717) is 40.1 Å². The Balaban J connectivity index is 1.51. The molecule has 0 bridgehead atoms. The first-order valence-corrected chi connectivity index (χ1v) is 13.8. The summed E-state index contributed by atoms with van der Waals surface area (Å²) in [5.74, 6) is -0.248. The second-order valence-corrected chi connectivity index (χ2v) is 13.2. The molecular formula is C23H29N5O4S2. The van der Waals surface area contributed by atoms with E-state index < -0.39 is 9.84 Å². The third-order valence-corrected chi connectivity index (χ3v) is 9.07. The first kappa shape index (κ1) is 24.3. The fourth-order valence-electron chi connectivity index (χ4n) is 3.56. The number of rotatable bonds is 5. The summed E-state index contributed by atoms with van der Waals surface area (Å²) in [6.45, 7) is 8.15. The van der Waals surface area contributed by atoms with Crippen LogP contribution >= 0.6 is 11.3 Å². The van der Waals surface area contributed by atoms with Gasteiger partial charge >= 0.3 is 0 Å². The Hall–Kier alpha value is -2.79. The molecule has 9 nitrogen and oxygen atoms in total. The molecule has 0 saturated carbocycles. The summed E-state index contributed by atoms with van der Waals surface area (Å²) in [6, 6.07) is 3.34. The van der Waals surface area contributed by atoms with Crippen LogP contribution in [0.4, 0.5) is 0 Å². The summed E-state index contributed by atoms with van der Waals surface area (Å²) in [5, 5.41) is 5.95. The number of carbonyl (C=O) groups excluding carboxylic acids is 2. The van der Waals surface area contributed by atoms with Gasteiger partial charge in [0.05, 0.1) is 38.7 Å². The zero-order valence-electron chi connectivity index (χ0n) is 19.6. The molecule has 1 fully saturated rings. The van der Waals surface area contributed by atoms with Gasteiger partial charge in [0.25, 0.3) is 11.8 Å². The van der Waals surface area contributed by atoms with E-state index in [1.54, 1.807) is 24.5 Å². The number of amides is 2. The second-order valence-electron chi connectivity index (χ2n) is 9.78. The van der Waals surface area contributed by atoms with E-state index in [0.717, 1.165) is 4.88 Å². The number of hydrogen-bond donors (Lipinski definition) is 3. The quantitative estimate of drug-likeness (QED) is 0.490. The molecule has 1 saturated heterocycles. The standard InChI is InChI=1S/C23H29N5O4S2/c1-13(23(2,3)4)26-21(29)15-11-24-20-19(15)28-16(12-25-20)17-5-6-18(33-17)22(30)27-14-7-9-34(31,32)10-8-14/h5-6,11-14H,7-10H2,1-4H3,(H,24,25)(H,26,29)(H,27,30). The van der Waals surface area contributed by atoms with Crippen LogP contribution in [0.3, 0.4) is 0 Å². The third kappa shape index (κ3) is 5.30. The molecule has 0 aromatic carbocycles. The number of sulfone groups is 1. The lowest BCUT2D eigenvalue weighted by Gasteiger charge is -2.27. The number of hydrogen-bond acceptors (Lipinski definition) is 7. The molecule has 0 radical (unpaired) electrons. The summed E-state index contributed by atoms with van der Waals surface area (Å²) in [6.07, 6.45) is 4.08. The summed E-state index contributed by atoms with van der Waals surface area (Å²) in [5.41, 5.74) is 1.89. The first-order valence-electron chi connectivity index (χ1n) is 11.2. The fraction of sp³-hybridized carbons (Fsp3) is 0.478. The van der Waals surface area contributed by atoms with Crippen LogP contribution in [0.2, 0.25) is 0 Å². The van der Waals surface area contributed by atoms with Gasteiger partial charge in [-0.1, -0.05) is 20.8 Å². The molecule has 0 spiro atoms. The van der Waals surface area contributed by atoms with Crippen molar-refractivity contribution in [1.82, 2.24) is 25.6 Å². The molecule has 34 heavy (non-hydrogen) atoms. The molecule has 1 atom stereocenters. The van der Waals surface area contributed by atoms with E-state index in [4.69, 9.17) is 0 Å². The smallest absolute Gasteiger partial charge is 0.261 e. The summed E-state index contributed by atoms with van der Waals surface area (Å²) >= 11 is 1.28. The molecule has 1 unspecified atom stereocenters. The number of nitrogens with zero attached hydrogens (tertiary/aromatic N) is 2. The Labute approximate surface area is 202 Å². The van der Waals surface area contributed by atoms with Crippen LogP contribution in [-0.2, 0) is 9.84 Å². The van der Waals surface area contributed by atoms with Crippen molar-refractivity contribution in [2.75, 3.05) is 11.5 Å². The maximum atomic E-state index is 12.9. The van der Waals surface area contributed by atoms with Crippen molar-refractivity contribution in [3.8, 4) is 10.6 Å². The van der Waals surface area contributed by atoms with Crippen molar-refractivity contribution in [1.29, 1.82) is 0 Å². The monoisotopic (exact) mass is 503 g/mol. The van der Waals surface area contributed by atoms with Crippen LogP contribution in [0.25, 0.3) is 21.7 Å². The predicted molar refractivity (Wildman–Crippen MR) is 133 cm³/mol. The lowest BCUT2D eigenvalue weighted by molar-refractivity contribution is 0.0909. The van der Waals surface area contributed by atoms with Gasteiger partial charge in [-0.25, -0.2) is 18.4 Å². The molecule has 3 aromatic rings. The number of carbonyl (C=O) groups is 2. The van der Waals surface area contributed by atoms with Crippen molar-refractivity contribution in [3.63, 3.8) is 0 Å². The Morgan fingerprint density at radius 2 is 1.88 bits per heavy atom. The van der Waals surface area contributed by atoms with Gasteiger partial charge in [-0.3, -0.25) is 9.59 Å². The van der Waals surface area contributed by atoms with Crippen LogP contribution in [0, 0.1) is 5.41 Å². The SMILES string of the molecule is CC(NC(=O)c1c[nH]c2ncc(-c3ccc(C(=O)NC4CCS(=O)(=O)CC4)s3)nc12)C(C)(C)C. The molecule has 4 heterocycles. The summed E-state index contributed by atoms with van der Waals surface area (Å²) in [7, 11) is -2.98. The van der Waals surface area contributed by atoms with E-state index in [9.17, 15) is 18.0 Å². The molecule has 182 valence electrons. The Kier molecular flexibility index (Phi) is 6.52. The van der Waals surface area contributed by atoms with E-state index in [2.05, 4.69) is 46.4 Å². The minimum absolute atomic E-state index is 0.0382. The molecule has 3 aromatic heterocycles. The normalized spacial score (nSPS) is 17.4. The highest BCUT2D eigenvalue weighted by Gasteiger charge is 2.26. The van der Waals surface area contributed by atoms with Gasteiger partial charge in [-0.15, -0.1) is 11.3 Å². The predicted octanol–water partition coefficient (Wildman–Crippen LogP) is 3.16. The Bertz CT molecular complexity index is 1320. The lowest BCUT2D eigenvalue weighted by Crippen LogP contribution is -2.41. The third-order valence-electron chi connectivity index (χ3n) is 6.24. The van der Waals surface area contributed by atoms with Crippen molar-refractivity contribution in [3.05, 3.63) is 35.0 Å². The van der Waals surface area contributed by atoms with Crippen molar-refractivity contribution in [2.24, 2.45) is 5.41 Å². The molecule has 2 amide bonds. The van der Waals surface area contributed by atoms with Crippen LogP contribution in [0.1, 0.15) is 60.6 Å². The maximum absolute atomic E-state index is 12.9. The van der Waals surface area contributed by atoms with Crippen LogP contribution < -0.4 is 10.6 Å². The molecule has 1 aliphatic rings. The van der Waals surface area contributed by atoms with E-state index in [1.165, 1.54) is 11.3 Å². The van der Waals surface area contributed by atoms with Crippen LogP contribution in [-0.4, -0.2) is 58.8 Å². The molecular weight excluding hydrogens is 474 g/mol. The lowest BCUT2D eigenvalue weighted by atomic mass is 9.88. The van der Waals surface area contributed by atoms with Gasteiger partial charge in [0.1, 0.15) is 15.4 Å². The van der Waals surface area contributed by atoms with Crippen LogP contribution in [0.15, 0.2) is 24.5 Å². The molecule has 11 heteroatoms. The molecule has 0 aliphatic carbocycles. The average Bonchev–Trinajstić information content (AvgIpc) is 3.41. The largest absolute Gasteiger partial charge is 0.349 e. The van der Waals surface area contributed by atoms with Crippen molar-refractivity contribution >= 4 is 44.2 Å². The number of H-pyrrole nitrogens is 1. The van der Waals surface area contributed by atoms with E-state index >= 15 is 0 Å².